The van der Waals surface area contributed by atoms with E-state index in [0.29, 0.717) is 0 Å². The number of anilines is 1. The van der Waals surface area contributed by atoms with Crippen molar-refractivity contribution in [1.29, 1.82) is 0 Å². The van der Waals surface area contributed by atoms with Gasteiger partial charge in [0.15, 0.2) is 5.75 Å². The highest BCUT2D eigenvalue weighted by molar-refractivity contribution is 5.95. The Labute approximate surface area is 106 Å². The first-order valence-corrected chi connectivity index (χ1v) is 5.06. The molecule has 9 heteroatoms. The van der Waals surface area contributed by atoms with Crippen molar-refractivity contribution in [2.45, 2.75) is 13.5 Å². The third-order valence-electron chi connectivity index (χ3n) is 2.02. The van der Waals surface area contributed by atoms with Crippen LogP contribution in [0.4, 0.5) is 20.2 Å². The summed E-state index contributed by atoms with van der Waals surface area (Å²) >= 11 is 0. The van der Waals surface area contributed by atoms with Gasteiger partial charge in [-0.3, -0.25) is 10.1 Å². The molecular formula is C10H10F2N2O5. The first-order chi connectivity index (χ1) is 8.86. The number of halogens is 2. The molecule has 1 aromatic rings. The van der Waals surface area contributed by atoms with E-state index in [1.807, 2.05) is 0 Å². The Morgan fingerprint density at radius 2 is 2.16 bits per heavy atom. The molecule has 2 N–H and O–H groups in total. The Morgan fingerprint density at radius 3 is 2.63 bits per heavy atom. The molecule has 0 atom stereocenters. The van der Waals surface area contributed by atoms with E-state index in [0.717, 1.165) is 12.1 Å². The van der Waals surface area contributed by atoms with Crippen LogP contribution in [-0.2, 0) is 4.74 Å². The van der Waals surface area contributed by atoms with Crippen molar-refractivity contribution in [3.8, 4) is 5.75 Å². The Hall–Kier alpha value is -2.45. The van der Waals surface area contributed by atoms with Crippen LogP contribution in [0.15, 0.2) is 12.1 Å². The molecule has 0 saturated carbocycles. The highest BCUT2D eigenvalue weighted by Gasteiger charge is 2.24. The number of esters is 1. The lowest BCUT2D eigenvalue weighted by Crippen LogP contribution is -2.13. The maximum absolute atomic E-state index is 12.2. The molecule has 0 aromatic heterocycles. The molecule has 0 aliphatic carbocycles. The minimum absolute atomic E-state index is 0.0322. The van der Waals surface area contributed by atoms with Crippen molar-refractivity contribution >= 4 is 17.3 Å². The van der Waals surface area contributed by atoms with Crippen LogP contribution in [0.5, 0.6) is 5.75 Å². The Bertz CT molecular complexity index is 507. The molecule has 0 unspecified atom stereocenters. The van der Waals surface area contributed by atoms with Crippen molar-refractivity contribution in [2.75, 3.05) is 12.3 Å². The van der Waals surface area contributed by atoms with Crippen molar-refractivity contribution in [3.63, 3.8) is 0 Å². The van der Waals surface area contributed by atoms with Crippen molar-refractivity contribution in [1.82, 2.24) is 0 Å². The van der Waals surface area contributed by atoms with Crippen LogP contribution >= 0.6 is 0 Å². The number of nitrogens with two attached hydrogens (primary N) is 1. The molecule has 0 bridgehead atoms. The first kappa shape index (κ1) is 14.6. The normalized spacial score (nSPS) is 10.3. The number of nitrogen functional groups attached to an aromatic ring is 1. The number of rotatable bonds is 5. The average molecular weight is 276 g/mol. The van der Waals surface area contributed by atoms with Gasteiger partial charge in [-0.2, -0.15) is 8.78 Å². The second-order valence-electron chi connectivity index (χ2n) is 3.27. The van der Waals surface area contributed by atoms with Gasteiger partial charge in [0.2, 0.25) is 0 Å². The van der Waals surface area contributed by atoms with Gasteiger partial charge >= 0.3 is 12.6 Å². The topological polar surface area (TPSA) is 105 Å². The van der Waals surface area contributed by atoms with Gasteiger partial charge in [0.1, 0.15) is 5.56 Å². The number of hydrogen-bond donors (Lipinski definition) is 1. The number of benzene rings is 1. The predicted molar refractivity (Wildman–Crippen MR) is 60.1 cm³/mol. The first-order valence-electron chi connectivity index (χ1n) is 5.06. The molecular weight excluding hydrogens is 266 g/mol. The van der Waals surface area contributed by atoms with Gasteiger partial charge in [-0.05, 0) is 6.92 Å². The van der Waals surface area contributed by atoms with Gasteiger partial charge in [0, 0.05) is 12.1 Å². The number of hydrogen-bond acceptors (Lipinski definition) is 6. The van der Waals surface area contributed by atoms with E-state index in [-0.39, 0.29) is 6.61 Å². The summed E-state index contributed by atoms with van der Waals surface area (Å²) in [6.07, 6.45) is 0. The third kappa shape index (κ3) is 3.50. The van der Waals surface area contributed by atoms with E-state index in [2.05, 4.69) is 9.47 Å². The minimum Gasteiger partial charge on any atom is -0.462 e. The number of nitro benzene ring substituents is 1. The van der Waals surface area contributed by atoms with Gasteiger partial charge in [-0.25, -0.2) is 4.79 Å². The Morgan fingerprint density at radius 1 is 1.53 bits per heavy atom. The molecule has 0 aliphatic rings. The van der Waals surface area contributed by atoms with E-state index in [1.54, 1.807) is 0 Å². The molecule has 0 spiro atoms. The molecule has 0 heterocycles. The molecule has 0 radical (unpaired) electrons. The predicted octanol–water partition coefficient (Wildman–Crippen LogP) is 1.96. The van der Waals surface area contributed by atoms with E-state index in [4.69, 9.17) is 5.73 Å². The molecule has 0 fully saturated rings. The zero-order chi connectivity index (χ0) is 14.6. The third-order valence-corrected chi connectivity index (χ3v) is 2.02. The number of ether oxygens (including phenoxy) is 2. The quantitative estimate of drug-likeness (QED) is 0.381. The fraction of sp³-hybridized carbons (Fsp3) is 0.300. The standard InChI is InChI=1S/C10H10F2N2O5/c1-2-18-9(15)6-3-5(14(16)17)4-7(13)8(6)19-10(11)12/h3-4,10H,2,13H2,1H3. The highest BCUT2D eigenvalue weighted by atomic mass is 19.3. The summed E-state index contributed by atoms with van der Waals surface area (Å²) in [7, 11) is 0. The summed E-state index contributed by atoms with van der Waals surface area (Å²) < 4.78 is 33.1. The van der Waals surface area contributed by atoms with Crippen LogP contribution in [0.25, 0.3) is 0 Å². The molecule has 1 rings (SSSR count). The zero-order valence-electron chi connectivity index (χ0n) is 9.76. The number of nitrogens with zero attached hydrogens (tertiary/aromatic N) is 1. The van der Waals surface area contributed by atoms with Crippen molar-refractivity contribution in [2.24, 2.45) is 0 Å². The summed E-state index contributed by atoms with van der Waals surface area (Å²) in [6, 6.07) is 1.59. The fourth-order valence-corrected chi connectivity index (χ4v) is 1.32. The fourth-order valence-electron chi connectivity index (χ4n) is 1.32. The van der Waals surface area contributed by atoms with Gasteiger partial charge in [-0.1, -0.05) is 0 Å². The van der Waals surface area contributed by atoms with E-state index < -0.39 is 40.2 Å². The highest BCUT2D eigenvalue weighted by Crippen LogP contribution is 2.33. The minimum atomic E-state index is -3.23. The zero-order valence-corrected chi connectivity index (χ0v) is 9.76. The van der Waals surface area contributed by atoms with Crippen molar-refractivity contribution < 1.29 is 28.0 Å². The molecule has 0 aliphatic heterocycles. The number of non-ortho nitro benzene ring substituents is 1. The lowest BCUT2D eigenvalue weighted by atomic mass is 10.1. The summed E-state index contributed by atoms with van der Waals surface area (Å²) in [5.74, 6) is -1.67. The van der Waals surface area contributed by atoms with E-state index >= 15 is 0 Å². The lowest BCUT2D eigenvalue weighted by Gasteiger charge is -2.12. The molecule has 19 heavy (non-hydrogen) atoms. The summed E-state index contributed by atoms with van der Waals surface area (Å²) in [6.45, 7) is -1.76. The van der Waals surface area contributed by atoms with Crippen LogP contribution in [0.2, 0.25) is 0 Å². The summed E-state index contributed by atoms with van der Waals surface area (Å²) in [4.78, 5) is 21.4. The maximum atomic E-state index is 12.2. The number of alkyl halides is 2. The summed E-state index contributed by atoms with van der Waals surface area (Å²) in [5, 5.41) is 10.6. The summed E-state index contributed by atoms with van der Waals surface area (Å²) in [5.41, 5.74) is 3.88. The smallest absolute Gasteiger partial charge is 0.387 e. The van der Waals surface area contributed by atoms with Crippen molar-refractivity contribution in [3.05, 3.63) is 27.8 Å². The lowest BCUT2D eigenvalue weighted by molar-refractivity contribution is -0.384. The molecule has 0 amide bonds. The van der Waals surface area contributed by atoms with Gasteiger partial charge in [0.25, 0.3) is 5.69 Å². The van der Waals surface area contributed by atoms with Crippen LogP contribution in [-0.4, -0.2) is 24.1 Å². The average Bonchev–Trinajstić information content (AvgIpc) is 2.30. The number of carbonyl (C=O) groups excluding carboxylic acids is 1. The molecule has 7 nitrogen and oxygen atoms in total. The van der Waals surface area contributed by atoms with Crippen LogP contribution in [0.1, 0.15) is 17.3 Å². The molecule has 0 saturated heterocycles. The number of nitro groups is 1. The van der Waals surface area contributed by atoms with E-state index in [9.17, 15) is 23.7 Å². The largest absolute Gasteiger partial charge is 0.462 e. The Kier molecular flexibility index (Phi) is 4.56. The maximum Gasteiger partial charge on any atom is 0.387 e. The second kappa shape index (κ2) is 5.94. The van der Waals surface area contributed by atoms with Crippen LogP contribution in [0, 0.1) is 10.1 Å². The van der Waals surface area contributed by atoms with E-state index in [1.165, 1.54) is 6.92 Å². The Balaban J connectivity index is 3.34. The number of carbonyl (C=O) groups is 1. The van der Waals surface area contributed by atoms with Gasteiger partial charge in [-0.15, -0.1) is 0 Å². The van der Waals surface area contributed by atoms with Gasteiger partial charge < -0.3 is 15.2 Å². The van der Waals surface area contributed by atoms with Crippen LogP contribution < -0.4 is 10.5 Å². The monoisotopic (exact) mass is 276 g/mol. The molecule has 104 valence electrons. The SMILES string of the molecule is CCOC(=O)c1cc([N+](=O)[O-])cc(N)c1OC(F)F. The van der Waals surface area contributed by atoms with Gasteiger partial charge in [0.05, 0.1) is 17.2 Å². The van der Waals surface area contributed by atoms with Crippen LogP contribution in [0.3, 0.4) is 0 Å². The second-order valence-corrected chi connectivity index (χ2v) is 3.27. The molecule has 1 aromatic carbocycles.